The van der Waals surface area contributed by atoms with Gasteiger partial charge in [-0.15, -0.1) is 24.8 Å². The summed E-state index contributed by atoms with van der Waals surface area (Å²) < 4.78 is 37.1. The summed E-state index contributed by atoms with van der Waals surface area (Å²) in [7, 11) is 0. The fourth-order valence-corrected chi connectivity index (χ4v) is 3.01. The van der Waals surface area contributed by atoms with Crippen LogP contribution in [-0.2, 0) is 4.79 Å². The highest BCUT2D eigenvalue weighted by molar-refractivity contribution is 5.85. The molecule has 150 valence electrons. The monoisotopic (exact) mass is 415 g/mol. The van der Waals surface area contributed by atoms with Gasteiger partial charge in [0.2, 0.25) is 5.91 Å². The molecule has 1 aliphatic heterocycles. The maximum Gasteiger partial charge on any atom is 0.401 e. The van der Waals surface area contributed by atoms with Gasteiger partial charge in [-0.25, -0.2) is 0 Å². The van der Waals surface area contributed by atoms with Crippen molar-refractivity contribution in [2.45, 2.75) is 25.6 Å². The fraction of sp³-hybridized carbons (Fsp3) is 0.588. The van der Waals surface area contributed by atoms with E-state index in [1.54, 1.807) is 6.92 Å². The summed E-state index contributed by atoms with van der Waals surface area (Å²) >= 11 is 0. The average molecular weight is 416 g/mol. The predicted molar refractivity (Wildman–Crippen MR) is 101 cm³/mol. The lowest BCUT2D eigenvalue weighted by molar-refractivity contribution is -0.143. The van der Waals surface area contributed by atoms with Gasteiger partial charge in [0.1, 0.15) is 0 Å². The summed E-state index contributed by atoms with van der Waals surface area (Å²) in [6.45, 7) is 2.04. The van der Waals surface area contributed by atoms with Crippen molar-refractivity contribution in [3.63, 3.8) is 0 Å². The molecule has 3 atom stereocenters. The summed E-state index contributed by atoms with van der Waals surface area (Å²) in [5.41, 5.74) is 7.01. The van der Waals surface area contributed by atoms with Crippen LogP contribution in [0.1, 0.15) is 24.9 Å². The zero-order chi connectivity index (χ0) is 17.7. The first-order valence-corrected chi connectivity index (χ1v) is 8.13. The molecule has 9 heteroatoms. The molecular formula is C17H26Cl2F3N3O. The van der Waals surface area contributed by atoms with Crippen LogP contribution < -0.4 is 11.1 Å². The van der Waals surface area contributed by atoms with E-state index in [1.165, 1.54) is 4.90 Å². The second kappa shape index (κ2) is 11.0. The summed E-state index contributed by atoms with van der Waals surface area (Å²) in [4.78, 5) is 13.6. The van der Waals surface area contributed by atoms with E-state index in [9.17, 15) is 18.0 Å². The van der Waals surface area contributed by atoms with Crippen LogP contribution in [-0.4, -0.2) is 43.2 Å². The molecule has 1 fully saturated rings. The van der Waals surface area contributed by atoms with Crippen molar-refractivity contribution in [2.24, 2.45) is 17.6 Å². The number of hydrogen-bond acceptors (Lipinski definition) is 3. The predicted octanol–water partition coefficient (Wildman–Crippen LogP) is 3.17. The number of carbonyl (C=O) groups is 1. The molecule has 0 aromatic heterocycles. The maximum atomic E-state index is 12.4. The topological polar surface area (TPSA) is 58.4 Å². The Hall–Kier alpha value is -1.02. The van der Waals surface area contributed by atoms with Crippen LogP contribution in [0, 0.1) is 11.8 Å². The Morgan fingerprint density at radius 1 is 1.31 bits per heavy atom. The van der Waals surface area contributed by atoms with Gasteiger partial charge in [0.05, 0.1) is 12.5 Å². The molecule has 0 saturated carbocycles. The van der Waals surface area contributed by atoms with Crippen molar-refractivity contribution in [3.8, 4) is 0 Å². The van der Waals surface area contributed by atoms with Crippen LogP contribution in [0.25, 0.3) is 0 Å². The summed E-state index contributed by atoms with van der Waals surface area (Å²) in [5.74, 6) is -0.517. The second-order valence-corrected chi connectivity index (χ2v) is 6.48. The number of likely N-dealkylation sites (tertiary alicyclic amines) is 1. The van der Waals surface area contributed by atoms with Gasteiger partial charge in [-0.1, -0.05) is 37.3 Å². The zero-order valence-corrected chi connectivity index (χ0v) is 16.2. The minimum Gasteiger partial charge on any atom is -0.355 e. The van der Waals surface area contributed by atoms with E-state index >= 15 is 0 Å². The van der Waals surface area contributed by atoms with E-state index in [0.29, 0.717) is 26.1 Å². The molecule has 3 unspecified atom stereocenters. The Bertz CT molecular complexity index is 546. The minimum absolute atomic E-state index is 0. The van der Waals surface area contributed by atoms with Gasteiger partial charge in [-0.3, -0.25) is 9.69 Å². The van der Waals surface area contributed by atoms with Gasteiger partial charge in [-0.2, -0.15) is 13.2 Å². The number of halogens is 5. The molecule has 1 aliphatic rings. The van der Waals surface area contributed by atoms with Gasteiger partial charge < -0.3 is 11.1 Å². The van der Waals surface area contributed by atoms with E-state index in [-0.39, 0.29) is 36.6 Å². The number of nitrogens with zero attached hydrogens (tertiary/aromatic N) is 1. The number of hydrogen-bond donors (Lipinski definition) is 2. The fourth-order valence-electron chi connectivity index (χ4n) is 3.01. The normalized spacial score (nSPS) is 19.8. The van der Waals surface area contributed by atoms with Crippen LogP contribution in [0.2, 0.25) is 0 Å². The quantitative estimate of drug-likeness (QED) is 0.749. The van der Waals surface area contributed by atoms with Crippen LogP contribution in [0.5, 0.6) is 0 Å². The van der Waals surface area contributed by atoms with Crippen molar-refractivity contribution in [3.05, 3.63) is 35.9 Å². The first kappa shape index (κ1) is 25.0. The molecule has 2 rings (SSSR count). The standard InChI is InChI=1S/C17H24F3N3O.2ClH/c1-12(15(21)14-5-3-2-4-6-14)16(24)22-9-13-7-8-23(10-13)11-17(18,19)20;;/h2-6,12-13,15H,7-11,21H2,1H3,(H,22,24);2*1H. The molecule has 1 amide bonds. The van der Waals surface area contributed by atoms with Crippen molar-refractivity contribution < 1.29 is 18.0 Å². The number of amides is 1. The van der Waals surface area contributed by atoms with E-state index in [2.05, 4.69) is 5.32 Å². The smallest absolute Gasteiger partial charge is 0.355 e. The molecular weight excluding hydrogens is 390 g/mol. The molecule has 26 heavy (non-hydrogen) atoms. The second-order valence-electron chi connectivity index (χ2n) is 6.48. The summed E-state index contributed by atoms with van der Waals surface area (Å²) in [6, 6.07) is 8.96. The maximum absolute atomic E-state index is 12.4. The zero-order valence-electron chi connectivity index (χ0n) is 14.5. The molecule has 1 aromatic rings. The van der Waals surface area contributed by atoms with Gasteiger partial charge in [0.25, 0.3) is 0 Å². The Labute approximate surface area is 164 Å². The van der Waals surface area contributed by atoms with Gasteiger partial charge in [0, 0.05) is 19.1 Å². The molecule has 3 N–H and O–H groups in total. The molecule has 4 nitrogen and oxygen atoms in total. The van der Waals surface area contributed by atoms with Gasteiger partial charge in [-0.05, 0) is 24.4 Å². The molecule has 1 saturated heterocycles. The third-order valence-electron chi connectivity index (χ3n) is 4.47. The third kappa shape index (κ3) is 7.70. The Morgan fingerprint density at radius 2 is 1.92 bits per heavy atom. The van der Waals surface area contributed by atoms with Crippen LogP contribution >= 0.6 is 24.8 Å². The molecule has 0 spiro atoms. The Balaban J connectivity index is 0.00000312. The molecule has 1 aromatic carbocycles. The molecule has 0 aliphatic carbocycles. The lowest BCUT2D eigenvalue weighted by Crippen LogP contribution is -2.39. The Kier molecular flexibility index (Phi) is 10.5. The first-order chi connectivity index (χ1) is 11.3. The molecule has 0 bridgehead atoms. The summed E-state index contributed by atoms with van der Waals surface area (Å²) in [5, 5.41) is 2.83. The van der Waals surface area contributed by atoms with Crippen LogP contribution in [0.3, 0.4) is 0 Å². The summed E-state index contributed by atoms with van der Waals surface area (Å²) in [6.07, 6.45) is -3.51. The highest BCUT2D eigenvalue weighted by Gasteiger charge is 2.34. The lowest BCUT2D eigenvalue weighted by atomic mass is 9.94. The van der Waals surface area contributed by atoms with E-state index in [0.717, 1.165) is 5.56 Å². The molecule has 1 heterocycles. The first-order valence-electron chi connectivity index (χ1n) is 8.13. The SMILES string of the molecule is CC(C(=O)NCC1CCN(CC(F)(F)F)C1)C(N)c1ccccc1.Cl.Cl. The van der Waals surface area contributed by atoms with E-state index in [1.807, 2.05) is 30.3 Å². The van der Waals surface area contributed by atoms with Gasteiger partial charge >= 0.3 is 6.18 Å². The number of carbonyl (C=O) groups excluding carboxylic acids is 1. The average Bonchev–Trinajstić information content (AvgIpc) is 2.97. The van der Waals surface area contributed by atoms with Crippen molar-refractivity contribution in [2.75, 3.05) is 26.2 Å². The number of benzene rings is 1. The van der Waals surface area contributed by atoms with Crippen molar-refractivity contribution >= 4 is 30.7 Å². The number of rotatable bonds is 6. The van der Waals surface area contributed by atoms with Gasteiger partial charge in [0.15, 0.2) is 0 Å². The minimum atomic E-state index is -4.17. The number of nitrogens with one attached hydrogen (secondary N) is 1. The largest absolute Gasteiger partial charge is 0.401 e. The lowest BCUT2D eigenvalue weighted by Gasteiger charge is -2.21. The van der Waals surface area contributed by atoms with Crippen molar-refractivity contribution in [1.82, 2.24) is 10.2 Å². The number of alkyl halides is 3. The number of nitrogens with two attached hydrogens (primary N) is 1. The Morgan fingerprint density at radius 3 is 2.50 bits per heavy atom. The highest BCUT2D eigenvalue weighted by Crippen LogP contribution is 2.23. The third-order valence-corrected chi connectivity index (χ3v) is 4.47. The van der Waals surface area contributed by atoms with Crippen LogP contribution in [0.4, 0.5) is 13.2 Å². The highest BCUT2D eigenvalue weighted by atomic mass is 35.5. The van der Waals surface area contributed by atoms with E-state index < -0.39 is 24.7 Å². The molecule has 0 radical (unpaired) electrons. The van der Waals surface area contributed by atoms with Crippen molar-refractivity contribution in [1.29, 1.82) is 0 Å². The van der Waals surface area contributed by atoms with Crippen LogP contribution in [0.15, 0.2) is 30.3 Å². The van der Waals surface area contributed by atoms with E-state index in [4.69, 9.17) is 5.73 Å².